The fourth-order valence-corrected chi connectivity index (χ4v) is 1.89. The number of methoxy groups -OCH3 is 1. The summed E-state index contributed by atoms with van der Waals surface area (Å²) in [4.78, 5) is 10.3. The summed E-state index contributed by atoms with van der Waals surface area (Å²) in [5.74, 6) is 0.785. The van der Waals surface area contributed by atoms with Gasteiger partial charge in [0.25, 0.3) is 0 Å². The lowest BCUT2D eigenvalue weighted by molar-refractivity contribution is -0.107. The smallest absolute Gasteiger partial charge is 0.133 e. The first-order valence-electron chi connectivity index (χ1n) is 4.09. The highest BCUT2D eigenvalue weighted by Crippen LogP contribution is 2.26. The molecular weight excluding hydrogens is 312 g/mol. The van der Waals surface area contributed by atoms with E-state index in [2.05, 4.69) is 31.9 Å². The number of ether oxygens (including phenoxy) is 1. The van der Waals surface area contributed by atoms with E-state index in [4.69, 9.17) is 4.74 Å². The van der Waals surface area contributed by atoms with Gasteiger partial charge in [-0.3, -0.25) is 0 Å². The van der Waals surface area contributed by atoms with Crippen LogP contribution in [-0.2, 0) is 11.2 Å². The Morgan fingerprint density at radius 2 is 2.29 bits per heavy atom. The van der Waals surface area contributed by atoms with Crippen molar-refractivity contribution >= 4 is 38.1 Å². The molecule has 4 heteroatoms. The van der Waals surface area contributed by atoms with E-state index in [0.717, 1.165) is 22.1 Å². The van der Waals surface area contributed by atoms with Crippen LogP contribution in [0.25, 0.3) is 0 Å². The van der Waals surface area contributed by atoms with Gasteiger partial charge in [-0.05, 0) is 40.0 Å². The zero-order valence-corrected chi connectivity index (χ0v) is 10.8. The lowest BCUT2D eigenvalue weighted by atomic mass is 10.1. The van der Waals surface area contributed by atoms with Crippen LogP contribution in [0.3, 0.4) is 0 Å². The van der Waals surface area contributed by atoms with Gasteiger partial charge < -0.3 is 9.53 Å². The number of hydrogen-bond acceptors (Lipinski definition) is 2. The Morgan fingerprint density at radius 3 is 2.86 bits per heavy atom. The van der Waals surface area contributed by atoms with E-state index < -0.39 is 0 Å². The Balaban J connectivity index is 2.84. The zero-order valence-electron chi connectivity index (χ0n) is 7.67. The van der Waals surface area contributed by atoms with Crippen LogP contribution in [0.4, 0.5) is 0 Å². The average molecular weight is 322 g/mol. The molecule has 14 heavy (non-hydrogen) atoms. The second-order valence-corrected chi connectivity index (χ2v) is 4.86. The number of benzene rings is 1. The molecule has 1 aromatic rings. The third kappa shape index (κ3) is 3.10. The fraction of sp³-hybridized carbons (Fsp3) is 0.300. The summed E-state index contributed by atoms with van der Waals surface area (Å²) in [5.41, 5.74) is 1.07. The first-order chi connectivity index (χ1) is 6.67. The van der Waals surface area contributed by atoms with Crippen molar-refractivity contribution in [2.75, 3.05) is 7.11 Å². The van der Waals surface area contributed by atoms with Crippen molar-refractivity contribution in [1.82, 2.24) is 0 Å². The highest BCUT2D eigenvalue weighted by Gasteiger charge is 2.06. The first-order valence-corrected chi connectivity index (χ1v) is 5.80. The Kier molecular flexibility index (Phi) is 4.62. The molecule has 0 aliphatic heterocycles. The number of carbonyl (C=O) groups is 1. The predicted molar refractivity (Wildman–Crippen MR) is 63.2 cm³/mol. The van der Waals surface area contributed by atoms with E-state index in [0.29, 0.717) is 6.42 Å². The molecule has 0 saturated heterocycles. The molecule has 0 fully saturated rings. The molecule has 1 rings (SSSR count). The highest BCUT2D eigenvalue weighted by molar-refractivity contribution is 9.10. The van der Waals surface area contributed by atoms with Gasteiger partial charge in [-0.15, -0.1) is 0 Å². The molecule has 1 unspecified atom stereocenters. The monoisotopic (exact) mass is 320 g/mol. The lowest BCUT2D eigenvalue weighted by Gasteiger charge is -2.07. The third-order valence-corrected chi connectivity index (χ3v) is 2.99. The molecule has 1 atom stereocenters. The molecule has 0 aliphatic carbocycles. The van der Waals surface area contributed by atoms with Crippen molar-refractivity contribution in [3.63, 3.8) is 0 Å². The van der Waals surface area contributed by atoms with Crippen LogP contribution >= 0.6 is 31.9 Å². The second kappa shape index (κ2) is 5.51. The molecule has 0 amide bonds. The van der Waals surface area contributed by atoms with Gasteiger partial charge >= 0.3 is 0 Å². The molecule has 0 spiro atoms. The quantitative estimate of drug-likeness (QED) is 0.629. The molecular formula is C10H10Br2O2. The summed E-state index contributed by atoms with van der Waals surface area (Å²) in [6.45, 7) is 0. The van der Waals surface area contributed by atoms with Crippen molar-refractivity contribution in [2.45, 2.75) is 11.2 Å². The number of aldehydes is 1. The number of hydrogen-bond donors (Lipinski definition) is 0. The van der Waals surface area contributed by atoms with Crippen molar-refractivity contribution in [2.24, 2.45) is 0 Å². The SMILES string of the molecule is COc1cc(CC(Br)C=O)ccc1Br. The topological polar surface area (TPSA) is 26.3 Å². The Hall–Kier alpha value is -0.350. The largest absolute Gasteiger partial charge is 0.496 e. The van der Waals surface area contributed by atoms with E-state index in [1.807, 2.05) is 18.2 Å². The van der Waals surface area contributed by atoms with Crippen molar-refractivity contribution < 1.29 is 9.53 Å². The summed E-state index contributed by atoms with van der Waals surface area (Å²) in [6.07, 6.45) is 1.56. The van der Waals surface area contributed by atoms with E-state index in [-0.39, 0.29) is 4.83 Å². The molecule has 0 aromatic heterocycles. The summed E-state index contributed by atoms with van der Waals surface area (Å²) < 4.78 is 6.07. The maximum absolute atomic E-state index is 10.4. The van der Waals surface area contributed by atoms with E-state index in [9.17, 15) is 4.79 Å². The Labute approximate surface area is 99.9 Å². The molecule has 0 heterocycles. The van der Waals surface area contributed by atoms with Gasteiger partial charge in [-0.1, -0.05) is 22.0 Å². The maximum atomic E-state index is 10.4. The summed E-state index contributed by atoms with van der Waals surface area (Å²) >= 11 is 6.63. The average Bonchev–Trinajstić information content (AvgIpc) is 2.20. The number of carbonyl (C=O) groups excluding carboxylic acids is 1. The minimum atomic E-state index is -0.131. The van der Waals surface area contributed by atoms with Gasteiger partial charge in [-0.2, -0.15) is 0 Å². The first kappa shape index (κ1) is 11.7. The van der Waals surface area contributed by atoms with Gasteiger partial charge in [0.1, 0.15) is 12.0 Å². The zero-order chi connectivity index (χ0) is 10.6. The number of rotatable bonds is 4. The molecule has 1 aromatic carbocycles. The van der Waals surface area contributed by atoms with Crippen LogP contribution in [-0.4, -0.2) is 18.2 Å². The minimum absolute atomic E-state index is 0.131. The maximum Gasteiger partial charge on any atom is 0.133 e. The Morgan fingerprint density at radius 1 is 1.57 bits per heavy atom. The minimum Gasteiger partial charge on any atom is -0.496 e. The fourth-order valence-electron chi connectivity index (χ4n) is 1.10. The summed E-state index contributed by atoms with van der Waals surface area (Å²) in [7, 11) is 1.62. The van der Waals surface area contributed by atoms with Crippen LogP contribution in [0, 0.1) is 0 Å². The standard InChI is InChI=1S/C10H10Br2O2/c1-14-10-5-7(2-3-9(10)12)4-8(11)6-13/h2-3,5-6,8H,4H2,1H3. The number of alkyl halides is 1. The normalized spacial score (nSPS) is 12.2. The van der Waals surface area contributed by atoms with Crippen LogP contribution in [0.5, 0.6) is 5.75 Å². The van der Waals surface area contributed by atoms with Crippen molar-refractivity contribution in [3.05, 3.63) is 28.2 Å². The van der Waals surface area contributed by atoms with Crippen LogP contribution in [0.15, 0.2) is 22.7 Å². The van der Waals surface area contributed by atoms with Crippen molar-refractivity contribution in [1.29, 1.82) is 0 Å². The van der Waals surface area contributed by atoms with E-state index in [1.54, 1.807) is 7.11 Å². The lowest BCUT2D eigenvalue weighted by Crippen LogP contribution is -2.03. The highest BCUT2D eigenvalue weighted by atomic mass is 79.9. The predicted octanol–water partition coefficient (Wildman–Crippen LogP) is 2.96. The van der Waals surface area contributed by atoms with Gasteiger partial charge in [0.15, 0.2) is 0 Å². The molecule has 0 radical (unpaired) electrons. The van der Waals surface area contributed by atoms with E-state index >= 15 is 0 Å². The summed E-state index contributed by atoms with van der Waals surface area (Å²) in [5, 5.41) is 0. The molecule has 0 aliphatic rings. The van der Waals surface area contributed by atoms with Gasteiger partial charge in [0.2, 0.25) is 0 Å². The van der Waals surface area contributed by atoms with Crippen LogP contribution in [0.1, 0.15) is 5.56 Å². The van der Waals surface area contributed by atoms with Crippen LogP contribution in [0.2, 0.25) is 0 Å². The Bertz CT molecular complexity index is 326. The van der Waals surface area contributed by atoms with Gasteiger partial charge in [0.05, 0.1) is 16.4 Å². The van der Waals surface area contributed by atoms with Gasteiger partial charge in [0, 0.05) is 0 Å². The van der Waals surface area contributed by atoms with Gasteiger partial charge in [-0.25, -0.2) is 0 Å². The summed E-state index contributed by atoms with van der Waals surface area (Å²) in [6, 6.07) is 5.80. The van der Waals surface area contributed by atoms with E-state index in [1.165, 1.54) is 0 Å². The van der Waals surface area contributed by atoms with Crippen molar-refractivity contribution in [3.8, 4) is 5.75 Å². The second-order valence-electron chi connectivity index (χ2n) is 2.83. The third-order valence-electron chi connectivity index (χ3n) is 1.79. The molecule has 0 saturated carbocycles. The molecule has 76 valence electrons. The molecule has 0 bridgehead atoms. The molecule has 0 N–H and O–H groups in total. The number of halogens is 2. The van der Waals surface area contributed by atoms with Crippen LogP contribution < -0.4 is 4.74 Å². The molecule has 2 nitrogen and oxygen atoms in total.